The summed E-state index contributed by atoms with van der Waals surface area (Å²) in [6.45, 7) is 3.02. The third-order valence-electron chi connectivity index (χ3n) is 2.64. The summed E-state index contributed by atoms with van der Waals surface area (Å²) >= 11 is 5.55. The van der Waals surface area contributed by atoms with Crippen molar-refractivity contribution in [2.24, 2.45) is 0 Å². The highest BCUT2D eigenvalue weighted by Gasteiger charge is 2.03. The number of aromatic nitrogens is 1. The molecule has 0 aliphatic heterocycles. The van der Waals surface area contributed by atoms with Gasteiger partial charge in [0, 0.05) is 18.3 Å². The van der Waals surface area contributed by atoms with Gasteiger partial charge < -0.3 is 4.57 Å². The van der Waals surface area contributed by atoms with Crippen LogP contribution in [0.4, 0.5) is 0 Å². The third kappa shape index (κ3) is 1.93. The predicted octanol–water partition coefficient (Wildman–Crippen LogP) is 3.96. The molecule has 0 aliphatic carbocycles. The first-order chi connectivity index (χ1) is 7.36. The molecule has 2 heteroatoms. The standard InChI is InChI=1S/C13H14ClN/c1-2-11-5-3-6-12-7-10-15(13(11)12)9-4-8-14/h3-8,10H,2,9H2,1H3/b8-4+. The van der Waals surface area contributed by atoms with E-state index < -0.39 is 0 Å². The Morgan fingerprint density at radius 3 is 2.93 bits per heavy atom. The van der Waals surface area contributed by atoms with Crippen LogP contribution in [0.2, 0.25) is 0 Å². The van der Waals surface area contributed by atoms with E-state index in [-0.39, 0.29) is 0 Å². The zero-order chi connectivity index (χ0) is 10.7. The minimum absolute atomic E-state index is 0.837. The Morgan fingerprint density at radius 1 is 1.33 bits per heavy atom. The van der Waals surface area contributed by atoms with Crippen LogP contribution >= 0.6 is 11.6 Å². The van der Waals surface area contributed by atoms with Crippen molar-refractivity contribution >= 4 is 22.5 Å². The number of benzene rings is 1. The molecule has 1 nitrogen and oxygen atoms in total. The molecule has 1 aromatic carbocycles. The van der Waals surface area contributed by atoms with Gasteiger partial charge in [0.1, 0.15) is 0 Å². The molecule has 0 spiro atoms. The second-order valence-electron chi connectivity index (χ2n) is 3.54. The van der Waals surface area contributed by atoms with E-state index in [2.05, 4.69) is 42.0 Å². The van der Waals surface area contributed by atoms with Gasteiger partial charge in [-0.25, -0.2) is 0 Å². The topological polar surface area (TPSA) is 4.93 Å². The Hall–Kier alpha value is -1.21. The first kappa shape index (κ1) is 10.3. The number of hydrogen-bond acceptors (Lipinski definition) is 0. The van der Waals surface area contributed by atoms with Gasteiger partial charge in [0.05, 0.1) is 5.52 Å². The van der Waals surface area contributed by atoms with Crippen molar-refractivity contribution in [3.8, 4) is 0 Å². The average molecular weight is 220 g/mol. The van der Waals surface area contributed by atoms with Crippen LogP contribution in [-0.4, -0.2) is 4.57 Å². The first-order valence-corrected chi connectivity index (χ1v) is 5.62. The predicted molar refractivity (Wildman–Crippen MR) is 66.3 cm³/mol. The fourth-order valence-corrected chi connectivity index (χ4v) is 2.01. The van der Waals surface area contributed by atoms with Crippen molar-refractivity contribution in [3.05, 3.63) is 47.6 Å². The highest BCUT2D eigenvalue weighted by atomic mass is 35.5. The molecule has 0 aliphatic rings. The fourth-order valence-electron chi connectivity index (χ4n) is 1.93. The number of allylic oxidation sites excluding steroid dienone is 1. The zero-order valence-corrected chi connectivity index (χ0v) is 9.54. The Bertz CT molecular complexity index is 482. The summed E-state index contributed by atoms with van der Waals surface area (Å²) in [5.74, 6) is 0. The van der Waals surface area contributed by atoms with E-state index in [0.29, 0.717) is 0 Å². The normalized spacial score (nSPS) is 11.6. The molecule has 1 heterocycles. The molecule has 0 atom stereocenters. The molecule has 0 saturated heterocycles. The minimum atomic E-state index is 0.837. The Morgan fingerprint density at radius 2 is 2.20 bits per heavy atom. The summed E-state index contributed by atoms with van der Waals surface area (Å²) < 4.78 is 2.23. The molecule has 2 rings (SSSR count). The van der Waals surface area contributed by atoms with Crippen LogP contribution < -0.4 is 0 Å². The van der Waals surface area contributed by atoms with Crippen LogP contribution in [0.3, 0.4) is 0 Å². The number of para-hydroxylation sites is 1. The Kier molecular flexibility index (Phi) is 3.12. The molecule has 0 N–H and O–H groups in total. The maximum atomic E-state index is 5.55. The van der Waals surface area contributed by atoms with Crippen LogP contribution in [0.5, 0.6) is 0 Å². The van der Waals surface area contributed by atoms with Crippen molar-refractivity contribution in [2.75, 3.05) is 0 Å². The number of rotatable bonds is 3. The lowest BCUT2D eigenvalue weighted by Gasteiger charge is -2.05. The van der Waals surface area contributed by atoms with E-state index >= 15 is 0 Å². The van der Waals surface area contributed by atoms with Crippen molar-refractivity contribution < 1.29 is 0 Å². The molecule has 78 valence electrons. The van der Waals surface area contributed by atoms with Gasteiger partial charge >= 0.3 is 0 Å². The smallest absolute Gasteiger partial charge is 0.0515 e. The van der Waals surface area contributed by atoms with Gasteiger partial charge in [-0.1, -0.05) is 42.8 Å². The summed E-state index contributed by atoms with van der Waals surface area (Å²) in [7, 11) is 0. The van der Waals surface area contributed by atoms with E-state index in [4.69, 9.17) is 11.6 Å². The number of fused-ring (bicyclic) bond motifs is 1. The van der Waals surface area contributed by atoms with Crippen molar-refractivity contribution in [3.63, 3.8) is 0 Å². The molecule has 0 radical (unpaired) electrons. The summed E-state index contributed by atoms with van der Waals surface area (Å²) in [6.07, 6.45) is 5.13. The molecule has 0 bridgehead atoms. The van der Waals surface area contributed by atoms with E-state index in [1.165, 1.54) is 16.5 Å². The Labute approximate surface area is 95.0 Å². The van der Waals surface area contributed by atoms with Gasteiger partial charge in [-0.3, -0.25) is 0 Å². The molecule has 2 aromatic rings. The van der Waals surface area contributed by atoms with E-state index in [9.17, 15) is 0 Å². The van der Waals surface area contributed by atoms with Crippen LogP contribution in [-0.2, 0) is 13.0 Å². The molecule has 15 heavy (non-hydrogen) atoms. The van der Waals surface area contributed by atoms with E-state index in [0.717, 1.165) is 13.0 Å². The minimum Gasteiger partial charge on any atom is -0.343 e. The molecule has 0 fully saturated rings. The van der Waals surface area contributed by atoms with Crippen LogP contribution in [0.1, 0.15) is 12.5 Å². The van der Waals surface area contributed by atoms with E-state index in [1.54, 1.807) is 5.54 Å². The quantitative estimate of drug-likeness (QED) is 0.737. The van der Waals surface area contributed by atoms with Gasteiger partial charge in [-0.15, -0.1) is 0 Å². The second kappa shape index (κ2) is 4.54. The number of aryl methyl sites for hydroxylation is 1. The molecule has 0 amide bonds. The fraction of sp³-hybridized carbons (Fsp3) is 0.231. The lowest BCUT2D eigenvalue weighted by atomic mass is 10.1. The molecule has 0 saturated carbocycles. The Balaban J connectivity index is 2.55. The summed E-state index contributed by atoms with van der Waals surface area (Å²) in [6, 6.07) is 8.60. The summed E-state index contributed by atoms with van der Waals surface area (Å²) in [5, 5.41) is 1.30. The van der Waals surface area contributed by atoms with Gasteiger partial charge in [-0.2, -0.15) is 0 Å². The molecular formula is C13H14ClN. The second-order valence-corrected chi connectivity index (χ2v) is 3.79. The lowest BCUT2D eigenvalue weighted by Crippen LogP contribution is -1.95. The van der Waals surface area contributed by atoms with Crippen LogP contribution in [0.15, 0.2) is 42.1 Å². The molecule has 1 aromatic heterocycles. The van der Waals surface area contributed by atoms with Gasteiger partial charge in [-0.05, 0) is 23.4 Å². The lowest BCUT2D eigenvalue weighted by molar-refractivity contribution is 0.858. The molecular weight excluding hydrogens is 206 g/mol. The zero-order valence-electron chi connectivity index (χ0n) is 8.78. The maximum Gasteiger partial charge on any atom is 0.0515 e. The number of halogens is 1. The number of hydrogen-bond donors (Lipinski definition) is 0. The van der Waals surface area contributed by atoms with Crippen molar-refractivity contribution in [1.29, 1.82) is 0 Å². The summed E-state index contributed by atoms with van der Waals surface area (Å²) in [4.78, 5) is 0. The van der Waals surface area contributed by atoms with Gasteiger partial charge in [0.2, 0.25) is 0 Å². The van der Waals surface area contributed by atoms with Crippen LogP contribution in [0, 0.1) is 0 Å². The SMILES string of the molecule is CCc1cccc2ccn(C/C=C/Cl)c12. The summed E-state index contributed by atoms with van der Waals surface area (Å²) in [5.41, 5.74) is 4.29. The molecule has 0 unspecified atom stereocenters. The highest BCUT2D eigenvalue weighted by Crippen LogP contribution is 2.20. The average Bonchev–Trinajstić information content (AvgIpc) is 2.69. The monoisotopic (exact) mass is 219 g/mol. The van der Waals surface area contributed by atoms with Crippen molar-refractivity contribution in [2.45, 2.75) is 19.9 Å². The van der Waals surface area contributed by atoms with E-state index in [1.807, 2.05) is 6.08 Å². The number of nitrogens with zero attached hydrogens (tertiary/aromatic N) is 1. The van der Waals surface area contributed by atoms with Crippen molar-refractivity contribution in [1.82, 2.24) is 4.57 Å². The third-order valence-corrected chi connectivity index (χ3v) is 2.82. The van der Waals surface area contributed by atoms with Gasteiger partial charge in [0.25, 0.3) is 0 Å². The van der Waals surface area contributed by atoms with Gasteiger partial charge in [0.15, 0.2) is 0 Å². The van der Waals surface area contributed by atoms with Crippen LogP contribution in [0.25, 0.3) is 10.9 Å². The largest absolute Gasteiger partial charge is 0.343 e. The first-order valence-electron chi connectivity index (χ1n) is 5.18. The maximum absolute atomic E-state index is 5.55. The highest BCUT2D eigenvalue weighted by molar-refractivity contribution is 6.25.